The molecule has 0 aliphatic rings. The summed E-state index contributed by atoms with van der Waals surface area (Å²) in [6, 6.07) is 16.3. The molecule has 0 unspecified atom stereocenters. The monoisotopic (exact) mass is 409 g/mol. The van der Waals surface area contributed by atoms with Crippen LogP contribution in [0, 0.1) is 12.8 Å². The van der Waals surface area contributed by atoms with Gasteiger partial charge in [-0.1, -0.05) is 75.0 Å². The number of hydrogen-bond donors (Lipinski definition) is 1. The van der Waals surface area contributed by atoms with Gasteiger partial charge in [0.2, 0.25) is 11.8 Å². The lowest BCUT2D eigenvalue weighted by Gasteiger charge is -2.23. The van der Waals surface area contributed by atoms with Gasteiger partial charge in [-0.2, -0.15) is 0 Å². The molecule has 0 aliphatic carbocycles. The van der Waals surface area contributed by atoms with Crippen molar-refractivity contribution in [3.05, 3.63) is 65.2 Å². The summed E-state index contributed by atoms with van der Waals surface area (Å²) in [5, 5.41) is 11.7. The Morgan fingerprint density at radius 2 is 1.83 bits per heavy atom. The van der Waals surface area contributed by atoms with E-state index in [-0.39, 0.29) is 23.6 Å². The van der Waals surface area contributed by atoms with E-state index in [1.54, 1.807) is 0 Å². The largest absolute Gasteiger partial charge is 0.411 e. The van der Waals surface area contributed by atoms with Gasteiger partial charge in [-0.15, -0.1) is 10.2 Å². The van der Waals surface area contributed by atoms with Crippen LogP contribution in [0.3, 0.4) is 0 Å². The van der Waals surface area contributed by atoms with Gasteiger partial charge in [0.25, 0.3) is 5.22 Å². The molecule has 1 heterocycles. The third-order valence-corrected chi connectivity index (χ3v) is 5.66. The Morgan fingerprint density at radius 3 is 2.48 bits per heavy atom. The lowest BCUT2D eigenvalue weighted by Crippen LogP contribution is -2.33. The van der Waals surface area contributed by atoms with Crippen molar-refractivity contribution in [1.29, 1.82) is 0 Å². The summed E-state index contributed by atoms with van der Waals surface area (Å²) in [4.78, 5) is 12.5. The van der Waals surface area contributed by atoms with E-state index < -0.39 is 0 Å². The van der Waals surface area contributed by atoms with Crippen LogP contribution in [0.15, 0.2) is 58.2 Å². The highest BCUT2D eigenvalue weighted by atomic mass is 32.2. The number of aromatic nitrogens is 2. The summed E-state index contributed by atoms with van der Waals surface area (Å²) in [6.07, 6.45) is 1.00. The van der Waals surface area contributed by atoms with Crippen molar-refractivity contribution < 1.29 is 9.21 Å². The molecule has 1 atom stereocenters. The number of amides is 1. The van der Waals surface area contributed by atoms with Crippen LogP contribution in [0.5, 0.6) is 0 Å². The van der Waals surface area contributed by atoms with E-state index in [4.69, 9.17) is 4.42 Å². The summed E-state index contributed by atoms with van der Waals surface area (Å²) in [6.45, 7) is 8.35. The second-order valence-corrected chi connectivity index (χ2v) is 8.29. The normalized spacial score (nSPS) is 12.2. The van der Waals surface area contributed by atoms with Crippen LogP contribution in [-0.2, 0) is 11.2 Å². The van der Waals surface area contributed by atoms with Crippen LogP contribution >= 0.6 is 11.8 Å². The van der Waals surface area contributed by atoms with Crippen LogP contribution in [0.25, 0.3) is 11.5 Å². The fraction of sp³-hybridized carbons (Fsp3) is 0.348. The van der Waals surface area contributed by atoms with E-state index in [1.165, 1.54) is 17.3 Å². The highest BCUT2D eigenvalue weighted by molar-refractivity contribution is 7.99. The Bertz CT molecular complexity index is 951. The maximum Gasteiger partial charge on any atom is 0.277 e. The van der Waals surface area contributed by atoms with Crippen molar-refractivity contribution in [3.8, 4) is 11.5 Å². The van der Waals surface area contributed by atoms with E-state index in [1.807, 2.05) is 31.2 Å². The molecule has 1 N–H and O–H groups in total. The minimum atomic E-state index is -0.0519. The van der Waals surface area contributed by atoms with Crippen molar-refractivity contribution >= 4 is 17.7 Å². The summed E-state index contributed by atoms with van der Waals surface area (Å²) < 4.78 is 5.72. The molecule has 0 aliphatic heterocycles. The third kappa shape index (κ3) is 5.48. The van der Waals surface area contributed by atoms with Gasteiger partial charge in [-0.05, 0) is 42.0 Å². The summed E-state index contributed by atoms with van der Waals surface area (Å²) in [5.41, 5.74) is 4.39. The molecule has 152 valence electrons. The minimum absolute atomic E-state index is 0.0285. The number of carbonyl (C=O) groups is 1. The van der Waals surface area contributed by atoms with E-state index in [9.17, 15) is 4.79 Å². The van der Waals surface area contributed by atoms with Crippen LogP contribution < -0.4 is 5.32 Å². The number of hydrogen-bond acceptors (Lipinski definition) is 5. The predicted octanol–water partition coefficient (Wildman–Crippen LogP) is 5.21. The number of nitrogens with zero attached hydrogens (tertiary/aromatic N) is 2. The van der Waals surface area contributed by atoms with E-state index >= 15 is 0 Å². The molecular formula is C23H27N3O2S. The molecule has 2 aromatic carbocycles. The zero-order valence-corrected chi connectivity index (χ0v) is 18.1. The molecule has 0 saturated heterocycles. The van der Waals surface area contributed by atoms with Crippen molar-refractivity contribution in [2.24, 2.45) is 5.92 Å². The van der Waals surface area contributed by atoms with Crippen molar-refractivity contribution in [1.82, 2.24) is 15.5 Å². The fourth-order valence-corrected chi connectivity index (χ4v) is 3.70. The van der Waals surface area contributed by atoms with Gasteiger partial charge >= 0.3 is 0 Å². The van der Waals surface area contributed by atoms with E-state index in [2.05, 4.69) is 60.6 Å². The first kappa shape index (κ1) is 21.1. The second kappa shape index (κ2) is 9.74. The van der Waals surface area contributed by atoms with Crippen LogP contribution in [0.4, 0.5) is 0 Å². The fourth-order valence-electron chi connectivity index (χ4n) is 3.13. The molecule has 1 amide bonds. The second-order valence-electron chi connectivity index (χ2n) is 7.36. The standard InChI is InChI=1S/C23H27N3O2S/c1-5-17-10-12-18(13-11-17)21(15(2)3)24-20(27)14-29-23-26-25-22(28-23)19-9-7-6-8-16(19)4/h6-13,15,21H,5,14H2,1-4H3,(H,24,27)/t21-/m0/s1. The molecule has 1 aromatic heterocycles. The molecule has 0 fully saturated rings. The average Bonchev–Trinajstić information content (AvgIpc) is 3.19. The van der Waals surface area contributed by atoms with Crippen molar-refractivity contribution in [2.45, 2.75) is 45.4 Å². The molecule has 0 radical (unpaired) electrons. The minimum Gasteiger partial charge on any atom is -0.411 e. The Hall–Kier alpha value is -2.60. The number of rotatable bonds is 8. The van der Waals surface area contributed by atoms with Gasteiger partial charge < -0.3 is 9.73 Å². The van der Waals surface area contributed by atoms with Crippen LogP contribution in [0.1, 0.15) is 43.5 Å². The molecule has 3 aromatic rings. The maximum atomic E-state index is 12.5. The topological polar surface area (TPSA) is 68.0 Å². The van der Waals surface area contributed by atoms with Gasteiger partial charge in [0, 0.05) is 5.56 Å². The molecule has 6 heteroatoms. The molecular weight excluding hydrogens is 382 g/mol. The molecule has 0 saturated carbocycles. The van der Waals surface area contributed by atoms with Gasteiger partial charge in [0.05, 0.1) is 11.8 Å². The first-order chi connectivity index (χ1) is 14.0. The zero-order valence-electron chi connectivity index (χ0n) is 17.3. The Labute approximate surface area is 176 Å². The predicted molar refractivity (Wildman–Crippen MR) is 117 cm³/mol. The quantitative estimate of drug-likeness (QED) is 0.517. The molecule has 3 rings (SSSR count). The highest BCUT2D eigenvalue weighted by Crippen LogP contribution is 2.26. The Balaban J connectivity index is 1.60. The number of aryl methyl sites for hydroxylation is 2. The van der Waals surface area contributed by atoms with E-state index in [0.29, 0.717) is 11.1 Å². The van der Waals surface area contributed by atoms with Crippen molar-refractivity contribution in [3.63, 3.8) is 0 Å². The molecule has 29 heavy (non-hydrogen) atoms. The lowest BCUT2D eigenvalue weighted by atomic mass is 9.95. The summed E-state index contributed by atoms with van der Waals surface area (Å²) in [5.74, 6) is 0.935. The SMILES string of the molecule is CCc1ccc([C@@H](NC(=O)CSc2nnc(-c3ccccc3C)o2)C(C)C)cc1. The van der Waals surface area contributed by atoms with Crippen molar-refractivity contribution in [2.75, 3.05) is 5.75 Å². The molecule has 5 nitrogen and oxygen atoms in total. The smallest absolute Gasteiger partial charge is 0.277 e. The summed E-state index contributed by atoms with van der Waals surface area (Å²) >= 11 is 1.25. The zero-order chi connectivity index (χ0) is 20.8. The van der Waals surface area contributed by atoms with Crippen LogP contribution in [-0.4, -0.2) is 21.9 Å². The first-order valence-electron chi connectivity index (χ1n) is 9.88. The van der Waals surface area contributed by atoms with Gasteiger partial charge in [0.1, 0.15) is 0 Å². The first-order valence-corrected chi connectivity index (χ1v) is 10.9. The third-order valence-electron chi connectivity index (χ3n) is 4.84. The number of nitrogens with one attached hydrogen (secondary N) is 1. The lowest BCUT2D eigenvalue weighted by molar-refractivity contribution is -0.119. The van der Waals surface area contributed by atoms with E-state index in [0.717, 1.165) is 23.1 Å². The molecule has 0 bridgehead atoms. The Morgan fingerprint density at radius 1 is 1.10 bits per heavy atom. The number of benzene rings is 2. The van der Waals surface area contributed by atoms with Gasteiger partial charge in [-0.3, -0.25) is 4.79 Å². The summed E-state index contributed by atoms with van der Waals surface area (Å²) in [7, 11) is 0. The maximum absolute atomic E-state index is 12.5. The van der Waals surface area contributed by atoms with Gasteiger partial charge in [-0.25, -0.2) is 0 Å². The molecule has 0 spiro atoms. The number of thioether (sulfide) groups is 1. The average molecular weight is 410 g/mol. The number of carbonyl (C=O) groups excluding carboxylic acids is 1. The van der Waals surface area contributed by atoms with Gasteiger partial charge in [0.15, 0.2) is 0 Å². The Kier molecular flexibility index (Phi) is 7.09. The van der Waals surface area contributed by atoms with Crippen LogP contribution in [0.2, 0.25) is 0 Å². The highest BCUT2D eigenvalue weighted by Gasteiger charge is 2.19.